The van der Waals surface area contributed by atoms with Crippen LogP contribution in [-0.4, -0.2) is 78.2 Å². The molecular formula is C19H34F3N7O. The number of likely N-dealkylation sites (tertiary alicyclic amines) is 1. The molecule has 0 unspecified atom stereocenters. The lowest BCUT2D eigenvalue weighted by Crippen LogP contribution is -2.42. The highest BCUT2D eigenvalue weighted by atomic mass is 19.4. The zero-order valence-corrected chi connectivity index (χ0v) is 18.1. The van der Waals surface area contributed by atoms with E-state index in [9.17, 15) is 13.2 Å². The average Bonchev–Trinajstić information content (AvgIpc) is 3.01. The van der Waals surface area contributed by atoms with Crippen LogP contribution in [0.25, 0.3) is 0 Å². The van der Waals surface area contributed by atoms with Crippen LogP contribution in [0.2, 0.25) is 0 Å². The Balaban J connectivity index is 1.78. The van der Waals surface area contributed by atoms with E-state index in [1.54, 1.807) is 7.11 Å². The van der Waals surface area contributed by atoms with Gasteiger partial charge in [0.25, 0.3) is 0 Å². The number of alkyl halides is 3. The Labute approximate surface area is 176 Å². The largest absolute Gasteiger partial charge is 0.401 e. The van der Waals surface area contributed by atoms with Gasteiger partial charge in [0.15, 0.2) is 11.8 Å². The molecule has 0 radical (unpaired) electrons. The zero-order valence-electron chi connectivity index (χ0n) is 18.1. The summed E-state index contributed by atoms with van der Waals surface area (Å²) in [5, 5.41) is 14.8. The van der Waals surface area contributed by atoms with Gasteiger partial charge in [-0.15, -0.1) is 10.2 Å². The molecule has 1 aliphatic heterocycles. The summed E-state index contributed by atoms with van der Waals surface area (Å²) in [5.41, 5.74) is 0. The Morgan fingerprint density at radius 3 is 2.50 bits per heavy atom. The number of aliphatic imine (C=N–C) groups is 1. The summed E-state index contributed by atoms with van der Waals surface area (Å²) in [5.74, 6) is 2.74. The molecule has 1 fully saturated rings. The summed E-state index contributed by atoms with van der Waals surface area (Å²) in [6.07, 6.45) is -0.761. The molecule has 0 aliphatic carbocycles. The number of aryl methyl sites for hydroxylation is 1. The number of halogens is 3. The molecule has 1 aromatic rings. The molecular weight excluding hydrogens is 399 g/mol. The molecule has 0 spiro atoms. The van der Waals surface area contributed by atoms with Gasteiger partial charge in [0, 0.05) is 33.9 Å². The molecule has 1 aliphatic rings. The van der Waals surface area contributed by atoms with E-state index in [1.165, 1.54) is 4.90 Å². The lowest BCUT2D eigenvalue weighted by atomic mass is 9.93. The summed E-state index contributed by atoms with van der Waals surface area (Å²) in [4.78, 5) is 6.09. The topological polar surface area (TPSA) is 79.6 Å². The van der Waals surface area contributed by atoms with Crippen LogP contribution in [0.15, 0.2) is 4.99 Å². The van der Waals surface area contributed by atoms with Crippen molar-refractivity contribution in [2.75, 3.05) is 46.4 Å². The van der Waals surface area contributed by atoms with Crippen LogP contribution in [0.5, 0.6) is 0 Å². The third-order valence-corrected chi connectivity index (χ3v) is 5.33. The number of piperidine rings is 1. The number of hydrogen-bond donors (Lipinski definition) is 2. The molecule has 1 aromatic heterocycles. The summed E-state index contributed by atoms with van der Waals surface area (Å²) in [6.45, 7) is 4.62. The highest BCUT2D eigenvalue weighted by Gasteiger charge is 2.32. The van der Waals surface area contributed by atoms with Crippen molar-refractivity contribution in [1.82, 2.24) is 30.3 Å². The van der Waals surface area contributed by atoms with Crippen molar-refractivity contribution in [1.29, 1.82) is 0 Å². The van der Waals surface area contributed by atoms with Crippen LogP contribution < -0.4 is 10.6 Å². The van der Waals surface area contributed by atoms with Gasteiger partial charge in [-0.25, -0.2) is 4.99 Å². The first-order valence-corrected chi connectivity index (χ1v) is 10.4. The fourth-order valence-corrected chi connectivity index (χ4v) is 3.42. The molecule has 0 saturated carbocycles. The maximum Gasteiger partial charge on any atom is 0.401 e. The van der Waals surface area contributed by atoms with Crippen LogP contribution in [0.1, 0.15) is 37.3 Å². The standard InChI is InChI=1S/C19H34F3N7O/c1-15-26-27-17(28(15)2)13-25-18(23-8-4-12-30-3)24-9-5-16-6-10-29(11-7-16)14-19(20,21)22/h16H,4-14H2,1-3H3,(H2,23,24,25). The van der Waals surface area contributed by atoms with E-state index in [1.807, 2.05) is 18.5 Å². The van der Waals surface area contributed by atoms with Gasteiger partial charge in [-0.1, -0.05) is 0 Å². The second-order valence-electron chi connectivity index (χ2n) is 7.71. The van der Waals surface area contributed by atoms with Gasteiger partial charge in [0.1, 0.15) is 12.4 Å². The van der Waals surface area contributed by atoms with Gasteiger partial charge >= 0.3 is 6.18 Å². The van der Waals surface area contributed by atoms with Crippen molar-refractivity contribution < 1.29 is 17.9 Å². The molecule has 0 amide bonds. The van der Waals surface area contributed by atoms with E-state index in [0.717, 1.165) is 50.4 Å². The van der Waals surface area contributed by atoms with Crippen molar-refractivity contribution in [2.45, 2.75) is 45.3 Å². The first-order valence-electron chi connectivity index (χ1n) is 10.4. The molecule has 0 aromatic carbocycles. The van der Waals surface area contributed by atoms with Crippen molar-refractivity contribution in [3.63, 3.8) is 0 Å². The molecule has 172 valence electrons. The second-order valence-corrected chi connectivity index (χ2v) is 7.71. The normalized spacial score (nSPS) is 16.8. The Hall–Kier alpha value is -1.88. The molecule has 0 bridgehead atoms. The summed E-state index contributed by atoms with van der Waals surface area (Å²) >= 11 is 0. The van der Waals surface area contributed by atoms with Crippen LogP contribution in [0.4, 0.5) is 13.2 Å². The second kappa shape index (κ2) is 12.1. The molecule has 0 atom stereocenters. The average molecular weight is 434 g/mol. The van der Waals surface area contributed by atoms with Gasteiger partial charge in [-0.05, 0) is 51.6 Å². The lowest BCUT2D eigenvalue weighted by Gasteiger charge is -2.32. The van der Waals surface area contributed by atoms with Gasteiger partial charge in [0.05, 0.1) is 6.54 Å². The number of nitrogens with zero attached hydrogens (tertiary/aromatic N) is 5. The molecule has 2 heterocycles. The smallest absolute Gasteiger partial charge is 0.385 e. The fourth-order valence-electron chi connectivity index (χ4n) is 3.42. The van der Waals surface area contributed by atoms with Crippen molar-refractivity contribution in [2.24, 2.45) is 18.0 Å². The highest BCUT2D eigenvalue weighted by Crippen LogP contribution is 2.23. The van der Waals surface area contributed by atoms with Crippen molar-refractivity contribution in [3.8, 4) is 0 Å². The van der Waals surface area contributed by atoms with Crippen LogP contribution >= 0.6 is 0 Å². The Morgan fingerprint density at radius 1 is 1.20 bits per heavy atom. The Bertz CT molecular complexity index is 655. The van der Waals surface area contributed by atoms with Gasteiger partial charge in [0.2, 0.25) is 0 Å². The minimum atomic E-state index is -4.12. The lowest BCUT2D eigenvalue weighted by molar-refractivity contribution is -0.148. The van der Waals surface area contributed by atoms with E-state index in [2.05, 4.69) is 25.8 Å². The number of rotatable bonds is 10. The molecule has 30 heavy (non-hydrogen) atoms. The Kier molecular flexibility index (Phi) is 9.83. The number of ether oxygens (including phenoxy) is 1. The van der Waals surface area contributed by atoms with Crippen LogP contribution in [0.3, 0.4) is 0 Å². The maximum absolute atomic E-state index is 12.5. The summed E-state index contributed by atoms with van der Waals surface area (Å²) in [6, 6.07) is 0. The minimum Gasteiger partial charge on any atom is -0.385 e. The van der Waals surface area contributed by atoms with E-state index < -0.39 is 12.7 Å². The van der Waals surface area contributed by atoms with Crippen molar-refractivity contribution >= 4 is 5.96 Å². The monoisotopic (exact) mass is 433 g/mol. The predicted octanol–water partition coefficient (Wildman–Crippen LogP) is 1.86. The van der Waals surface area contributed by atoms with E-state index in [0.29, 0.717) is 38.1 Å². The number of nitrogens with one attached hydrogen (secondary N) is 2. The molecule has 11 heteroatoms. The number of guanidine groups is 1. The van der Waals surface area contributed by atoms with E-state index in [-0.39, 0.29) is 0 Å². The first-order chi connectivity index (χ1) is 14.3. The first kappa shape index (κ1) is 24.4. The summed E-state index contributed by atoms with van der Waals surface area (Å²) in [7, 11) is 3.58. The predicted molar refractivity (Wildman–Crippen MR) is 109 cm³/mol. The highest BCUT2D eigenvalue weighted by molar-refractivity contribution is 5.79. The third-order valence-electron chi connectivity index (χ3n) is 5.33. The van der Waals surface area contributed by atoms with Crippen molar-refractivity contribution in [3.05, 3.63) is 11.6 Å². The number of hydrogen-bond acceptors (Lipinski definition) is 5. The van der Waals surface area contributed by atoms with E-state index in [4.69, 9.17) is 4.74 Å². The zero-order chi connectivity index (χ0) is 22.0. The van der Waals surface area contributed by atoms with E-state index >= 15 is 0 Å². The number of aromatic nitrogens is 3. The van der Waals surface area contributed by atoms with Gasteiger partial charge < -0.3 is 19.9 Å². The summed E-state index contributed by atoms with van der Waals surface area (Å²) < 4.78 is 44.5. The molecule has 8 nitrogen and oxygen atoms in total. The van der Waals surface area contributed by atoms with Gasteiger partial charge in [-0.3, -0.25) is 4.90 Å². The fraction of sp³-hybridized carbons (Fsp3) is 0.842. The third kappa shape index (κ3) is 8.86. The SMILES string of the molecule is COCCCNC(=NCc1nnc(C)n1C)NCCC1CCN(CC(F)(F)F)CC1. The number of methoxy groups -OCH3 is 1. The van der Waals surface area contributed by atoms with Crippen LogP contribution in [0, 0.1) is 12.8 Å². The van der Waals surface area contributed by atoms with Crippen LogP contribution in [-0.2, 0) is 18.3 Å². The Morgan fingerprint density at radius 2 is 1.90 bits per heavy atom. The molecule has 1 saturated heterocycles. The minimum absolute atomic E-state index is 0.410. The molecule has 2 N–H and O–H groups in total. The van der Waals surface area contributed by atoms with Gasteiger partial charge in [-0.2, -0.15) is 13.2 Å². The quantitative estimate of drug-likeness (QED) is 0.333. The maximum atomic E-state index is 12.5. The molecule has 2 rings (SSSR count).